The fraction of sp³-hybridized carbons (Fsp3) is 0.500. The Hall–Kier alpha value is -2.19. The van der Waals surface area contributed by atoms with Crippen molar-refractivity contribution in [1.29, 1.82) is 0 Å². The molecule has 0 N–H and O–H groups in total. The van der Waals surface area contributed by atoms with Crippen molar-refractivity contribution in [1.82, 2.24) is 4.90 Å². The summed E-state index contributed by atoms with van der Waals surface area (Å²) in [7, 11) is 1.26. The number of alkyl halides is 1. The highest BCUT2D eigenvalue weighted by molar-refractivity contribution is 8.16. The normalized spacial score (nSPS) is 18.1. The van der Waals surface area contributed by atoms with Crippen LogP contribution in [0.15, 0.2) is 40.8 Å². The molecule has 0 aromatic heterocycles. The van der Waals surface area contributed by atoms with Crippen LogP contribution < -0.4 is 0 Å². The van der Waals surface area contributed by atoms with Crippen molar-refractivity contribution in [2.75, 3.05) is 20.3 Å². The van der Waals surface area contributed by atoms with Crippen molar-refractivity contribution >= 4 is 28.8 Å². The van der Waals surface area contributed by atoms with Gasteiger partial charge in [0.25, 0.3) is 0 Å². The molecule has 0 fully saturated rings. The second-order valence-corrected chi connectivity index (χ2v) is 8.03. The van der Waals surface area contributed by atoms with Crippen LogP contribution in [0.25, 0.3) is 0 Å². The number of esters is 2. The number of carbonyl (C=O) groups excluding carboxylic acids is 3. The summed E-state index contributed by atoms with van der Waals surface area (Å²) in [4.78, 5) is 38.8. The smallest absolute Gasteiger partial charge is 0.327 e. The molecule has 0 aliphatic carbocycles. The molecule has 1 heterocycles. The Kier molecular flexibility index (Phi) is 9.52. The number of hydrogen-bond donors (Lipinski definition) is 0. The number of thioether (sulfide) groups is 1. The van der Waals surface area contributed by atoms with E-state index in [4.69, 9.17) is 9.47 Å². The summed E-state index contributed by atoms with van der Waals surface area (Å²) in [6, 6.07) is 7.85. The summed E-state index contributed by atoms with van der Waals surface area (Å²) < 4.78 is 25.3. The van der Waals surface area contributed by atoms with Crippen LogP contribution in [0.1, 0.15) is 51.1 Å². The number of hydrogen-bond acceptors (Lipinski definition) is 7. The average molecular weight is 438 g/mol. The Morgan fingerprint density at radius 2 is 1.93 bits per heavy atom. The Bertz CT molecular complexity index is 783. The maximum Gasteiger partial charge on any atom is 0.327 e. The van der Waals surface area contributed by atoms with Gasteiger partial charge in [-0.05, 0) is 29.4 Å². The van der Waals surface area contributed by atoms with Crippen LogP contribution in [0.4, 0.5) is 4.39 Å². The van der Waals surface area contributed by atoms with Crippen molar-refractivity contribution in [3.8, 4) is 0 Å². The van der Waals surface area contributed by atoms with Crippen molar-refractivity contribution in [2.45, 2.75) is 51.9 Å². The van der Waals surface area contributed by atoms with Crippen molar-refractivity contribution in [3.05, 3.63) is 46.4 Å². The first-order valence-corrected chi connectivity index (χ1v) is 10.8. The van der Waals surface area contributed by atoms with E-state index in [9.17, 15) is 14.4 Å². The number of rotatable bonds is 9. The fourth-order valence-corrected chi connectivity index (χ4v) is 4.42. The minimum atomic E-state index is -1.50. The molecule has 2 rings (SSSR count). The summed E-state index contributed by atoms with van der Waals surface area (Å²) in [5.74, 6) is -1.03. The second-order valence-electron chi connectivity index (χ2n) is 6.88. The van der Waals surface area contributed by atoms with E-state index in [-0.39, 0.29) is 31.1 Å². The summed E-state index contributed by atoms with van der Waals surface area (Å²) in [6.45, 7) is 3.86. The van der Waals surface area contributed by atoms with Gasteiger partial charge in [-0.2, -0.15) is 0 Å². The lowest BCUT2D eigenvalue weighted by molar-refractivity contribution is -0.150. The molecule has 2 atom stereocenters. The molecule has 1 unspecified atom stereocenters. The van der Waals surface area contributed by atoms with Gasteiger partial charge in [0.15, 0.2) is 11.4 Å². The highest BCUT2D eigenvalue weighted by Crippen LogP contribution is 2.39. The van der Waals surface area contributed by atoms with Crippen molar-refractivity contribution in [2.24, 2.45) is 0 Å². The molecule has 1 aliphatic heterocycles. The lowest BCUT2D eigenvalue weighted by Crippen LogP contribution is -2.44. The maximum absolute atomic E-state index is 15.3. The zero-order chi connectivity index (χ0) is 22.1. The van der Waals surface area contributed by atoms with E-state index in [1.165, 1.54) is 12.0 Å². The van der Waals surface area contributed by atoms with Crippen molar-refractivity contribution in [3.63, 3.8) is 0 Å². The highest BCUT2D eigenvalue weighted by Gasteiger charge is 2.39. The monoisotopic (exact) mass is 437 g/mol. The van der Waals surface area contributed by atoms with Crippen LogP contribution in [0.5, 0.6) is 0 Å². The first-order chi connectivity index (χ1) is 14.4. The number of carbonyl (C=O) groups is 3. The predicted octanol–water partition coefficient (Wildman–Crippen LogP) is 4.17. The lowest BCUT2D eigenvalue weighted by atomic mass is 9.99. The van der Waals surface area contributed by atoms with E-state index in [2.05, 4.69) is 0 Å². The summed E-state index contributed by atoms with van der Waals surface area (Å²) in [6.07, 6.45) is -0.569. The van der Waals surface area contributed by atoms with Crippen LogP contribution >= 0.6 is 11.8 Å². The van der Waals surface area contributed by atoms with E-state index < -0.39 is 24.3 Å². The Labute approximate surface area is 180 Å². The third-order valence-corrected chi connectivity index (χ3v) is 5.84. The summed E-state index contributed by atoms with van der Waals surface area (Å²) >= 11 is 0.991. The first kappa shape index (κ1) is 24.1. The maximum atomic E-state index is 15.3. The van der Waals surface area contributed by atoms with Gasteiger partial charge < -0.3 is 9.47 Å². The molecule has 164 valence electrons. The quantitative estimate of drug-likeness (QED) is 0.424. The average Bonchev–Trinajstić information content (AvgIpc) is 2.72. The van der Waals surface area contributed by atoms with E-state index in [1.807, 2.05) is 6.92 Å². The van der Waals surface area contributed by atoms with Gasteiger partial charge in [-0.15, -0.1) is 0 Å². The van der Waals surface area contributed by atoms with E-state index in [0.29, 0.717) is 28.9 Å². The van der Waals surface area contributed by atoms with Gasteiger partial charge in [0.1, 0.15) is 6.04 Å². The zero-order valence-electron chi connectivity index (χ0n) is 17.6. The third kappa shape index (κ3) is 6.40. The minimum absolute atomic E-state index is 0.0242. The number of halogens is 1. The SMILES string of the molecule is CCCC(=O)SC1=C(CC(=O)OCC)CN([C@H](C(=O)OC)c2ccccc2)C(F)C1. The topological polar surface area (TPSA) is 72.9 Å². The number of ether oxygens (including phenoxy) is 2. The van der Waals surface area contributed by atoms with Crippen LogP contribution in [0.2, 0.25) is 0 Å². The second kappa shape index (κ2) is 11.9. The molecule has 6 nitrogen and oxygen atoms in total. The third-order valence-electron chi connectivity index (χ3n) is 4.71. The Morgan fingerprint density at radius 3 is 2.53 bits per heavy atom. The van der Waals surface area contributed by atoms with Gasteiger partial charge in [-0.3, -0.25) is 14.5 Å². The van der Waals surface area contributed by atoms with Crippen LogP contribution in [-0.4, -0.2) is 48.5 Å². The predicted molar refractivity (Wildman–Crippen MR) is 113 cm³/mol. The standard InChI is InChI=1S/C22H28FNO5S/c1-4-9-20(26)30-17-13-18(23)24(14-16(17)12-19(25)29-5-2)21(22(27)28-3)15-10-7-6-8-11-15/h6-8,10-11,18,21H,4-5,9,12-14H2,1-3H3/t18?,21-/m0/s1. The van der Waals surface area contributed by atoms with Crippen molar-refractivity contribution < 1.29 is 28.2 Å². The molecule has 8 heteroatoms. The first-order valence-electron chi connectivity index (χ1n) is 10.0. The zero-order valence-corrected chi connectivity index (χ0v) is 18.4. The molecule has 1 aliphatic rings. The van der Waals surface area contributed by atoms with E-state index in [1.54, 1.807) is 37.3 Å². The Morgan fingerprint density at radius 1 is 1.23 bits per heavy atom. The van der Waals surface area contributed by atoms with Crippen LogP contribution in [0.3, 0.4) is 0 Å². The van der Waals surface area contributed by atoms with E-state index >= 15 is 4.39 Å². The van der Waals surface area contributed by atoms with Gasteiger partial charge in [-0.25, -0.2) is 9.18 Å². The van der Waals surface area contributed by atoms with E-state index in [0.717, 1.165) is 11.8 Å². The van der Waals surface area contributed by atoms with Gasteiger partial charge >= 0.3 is 11.9 Å². The molecule has 30 heavy (non-hydrogen) atoms. The summed E-state index contributed by atoms with van der Waals surface area (Å²) in [5.41, 5.74) is 1.20. The van der Waals surface area contributed by atoms with Gasteiger partial charge in [0, 0.05) is 19.4 Å². The molecule has 0 saturated carbocycles. The molecule has 1 aromatic rings. The molecule has 0 radical (unpaired) electrons. The van der Waals surface area contributed by atoms with Gasteiger partial charge in [0.2, 0.25) is 0 Å². The number of methoxy groups -OCH3 is 1. The molecule has 0 saturated heterocycles. The molecule has 0 bridgehead atoms. The highest BCUT2D eigenvalue weighted by atomic mass is 32.2. The lowest BCUT2D eigenvalue weighted by Gasteiger charge is -2.37. The fourth-order valence-electron chi connectivity index (χ4n) is 3.33. The largest absolute Gasteiger partial charge is 0.468 e. The molecular weight excluding hydrogens is 409 g/mol. The molecule has 0 amide bonds. The molecule has 1 aromatic carbocycles. The van der Waals surface area contributed by atoms with Crippen LogP contribution in [-0.2, 0) is 23.9 Å². The number of benzene rings is 1. The Balaban J connectivity index is 2.38. The van der Waals surface area contributed by atoms with Crippen LogP contribution in [0, 0.1) is 0 Å². The van der Waals surface area contributed by atoms with Gasteiger partial charge in [-0.1, -0.05) is 49.0 Å². The molecular formula is C22H28FNO5S. The summed E-state index contributed by atoms with van der Waals surface area (Å²) in [5, 5.41) is -0.0675. The minimum Gasteiger partial charge on any atom is -0.468 e. The number of nitrogens with zero attached hydrogens (tertiary/aromatic N) is 1. The van der Waals surface area contributed by atoms with Gasteiger partial charge in [0.05, 0.1) is 20.1 Å². The molecule has 0 spiro atoms.